The molecule has 21 heavy (non-hydrogen) atoms. The zero-order chi connectivity index (χ0) is 15.6. The highest BCUT2D eigenvalue weighted by molar-refractivity contribution is 7.11. The van der Waals surface area contributed by atoms with Gasteiger partial charge in [0.15, 0.2) is 0 Å². The molecule has 1 heterocycles. The molecule has 0 spiro atoms. The average Bonchev–Trinajstić information content (AvgIpc) is 2.78. The van der Waals surface area contributed by atoms with Gasteiger partial charge in [-0.3, -0.25) is 0 Å². The number of aromatic nitrogens is 1. The van der Waals surface area contributed by atoms with Crippen molar-refractivity contribution in [2.75, 3.05) is 0 Å². The Bertz CT molecular complexity index is 456. The molecule has 1 unspecified atom stereocenters. The van der Waals surface area contributed by atoms with E-state index in [4.69, 9.17) is 4.98 Å². The molecule has 1 aliphatic rings. The Balaban J connectivity index is 1.87. The van der Waals surface area contributed by atoms with E-state index in [1.165, 1.54) is 47.7 Å². The molecule has 1 fully saturated rings. The van der Waals surface area contributed by atoms with Crippen LogP contribution in [0.15, 0.2) is 0 Å². The van der Waals surface area contributed by atoms with Gasteiger partial charge in [-0.2, -0.15) is 0 Å². The third-order valence-corrected chi connectivity index (χ3v) is 6.48. The van der Waals surface area contributed by atoms with Crippen LogP contribution in [0.25, 0.3) is 0 Å². The van der Waals surface area contributed by atoms with Crippen molar-refractivity contribution in [2.45, 2.75) is 85.7 Å². The van der Waals surface area contributed by atoms with Gasteiger partial charge in [0.2, 0.25) is 0 Å². The van der Waals surface area contributed by atoms with Crippen molar-refractivity contribution in [1.29, 1.82) is 0 Å². The molecule has 1 aromatic rings. The largest absolute Gasteiger partial charge is 0.306 e. The van der Waals surface area contributed by atoms with Gasteiger partial charge in [-0.15, -0.1) is 11.3 Å². The molecule has 0 aliphatic heterocycles. The number of hydrogen-bond acceptors (Lipinski definition) is 3. The molecule has 1 aromatic heterocycles. The van der Waals surface area contributed by atoms with Gasteiger partial charge in [0.25, 0.3) is 0 Å². The SMILES string of the molecule is CCC(C)(C)C1CCC(NC(C)c2nc(C)sc2C)CC1. The summed E-state index contributed by atoms with van der Waals surface area (Å²) in [6, 6.07) is 1.06. The lowest BCUT2D eigenvalue weighted by Gasteiger charge is -2.39. The summed E-state index contributed by atoms with van der Waals surface area (Å²) >= 11 is 1.82. The lowest BCUT2D eigenvalue weighted by molar-refractivity contribution is 0.134. The molecule has 0 radical (unpaired) electrons. The summed E-state index contributed by atoms with van der Waals surface area (Å²) in [7, 11) is 0. The fourth-order valence-corrected chi connectivity index (χ4v) is 4.62. The molecule has 1 aliphatic carbocycles. The van der Waals surface area contributed by atoms with Crippen LogP contribution in [0.5, 0.6) is 0 Å². The second-order valence-electron chi connectivity index (χ2n) is 7.45. The van der Waals surface area contributed by atoms with E-state index in [2.05, 4.69) is 46.9 Å². The Morgan fingerprint density at radius 1 is 1.24 bits per heavy atom. The zero-order valence-corrected chi connectivity index (χ0v) is 15.4. The van der Waals surface area contributed by atoms with E-state index in [9.17, 15) is 0 Å². The molecule has 0 bridgehead atoms. The molecule has 2 rings (SSSR count). The van der Waals surface area contributed by atoms with Gasteiger partial charge in [0.1, 0.15) is 0 Å². The van der Waals surface area contributed by atoms with E-state index in [-0.39, 0.29) is 0 Å². The van der Waals surface area contributed by atoms with Gasteiger partial charge < -0.3 is 5.32 Å². The Labute approximate surface area is 134 Å². The Hall–Kier alpha value is -0.410. The van der Waals surface area contributed by atoms with Crippen molar-refractivity contribution in [2.24, 2.45) is 11.3 Å². The molecular formula is C18H32N2S. The number of rotatable bonds is 5. The fourth-order valence-electron chi connectivity index (χ4n) is 3.71. The molecular weight excluding hydrogens is 276 g/mol. The highest BCUT2D eigenvalue weighted by atomic mass is 32.1. The van der Waals surface area contributed by atoms with Crippen molar-refractivity contribution in [1.82, 2.24) is 10.3 Å². The van der Waals surface area contributed by atoms with E-state index in [0.29, 0.717) is 17.5 Å². The van der Waals surface area contributed by atoms with Crippen LogP contribution in [0.3, 0.4) is 0 Å². The maximum Gasteiger partial charge on any atom is 0.0900 e. The van der Waals surface area contributed by atoms with E-state index in [0.717, 1.165) is 5.92 Å². The molecule has 1 atom stereocenters. The van der Waals surface area contributed by atoms with Gasteiger partial charge in [-0.1, -0.05) is 27.2 Å². The summed E-state index contributed by atoms with van der Waals surface area (Å²) in [5.41, 5.74) is 1.77. The molecule has 0 amide bonds. The van der Waals surface area contributed by atoms with Gasteiger partial charge in [0, 0.05) is 17.0 Å². The van der Waals surface area contributed by atoms with Gasteiger partial charge in [-0.05, 0) is 57.8 Å². The van der Waals surface area contributed by atoms with Crippen LogP contribution in [0.4, 0.5) is 0 Å². The third kappa shape index (κ3) is 4.07. The smallest absolute Gasteiger partial charge is 0.0900 e. The number of nitrogens with zero attached hydrogens (tertiary/aromatic N) is 1. The summed E-state index contributed by atoms with van der Waals surface area (Å²) in [5.74, 6) is 0.902. The van der Waals surface area contributed by atoms with Crippen LogP contribution in [0.1, 0.15) is 81.4 Å². The summed E-state index contributed by atoms with van der Waals surface area (Å²) < 4.78 is 0. The first-order chi connectivity index (χ1) is 9.83. The predicted molar refractivity (Wildman–Crippen MR) is 93.0 cm³/mol. The van der Waals surface area contributed by atoms with Crippen LogP contribution in [-0.4, -0.2) is 11.0 Å². The average molecular weight is 309 g/mol. The van der Waals surface area contributed by atoms with Gasteiger partial charge in [-0.25, -0.2) is 4.98 Å². The molecule has 120 valence electrons. The second-order valence-corrected chi connectivity index (χ2v) is 8.86. The minimum atomic E-state index is 0.385. The highest BCUT2D eigenvalue weighted by Gasteiger charge is 2.32. The molecule has 3 heteroatoms. The molecule has 1 N–H and O–H groups in total. The Kier molecular flexibility index (Phi) is 5.48. The second kappa shape index (κ2) is 6.78. The molecule has 2 nitrogen and oxygen atoms in total. The lowest BCUT2D eigenvalue weighted by atomic mass is 9.69. The van der Waals surface area contributed by atoms with E-state index in [1.54, 1.807) is 0 Å². The maximum atomic E-state index is 4.70. The van der Waals surface area contributed by atoms with Crippen LogP contribution in [0.2, 0.25) is 0 Å². The van der Waals surface area contributed by atoms with E-state index < -0.39 is 0 Å². The molecule has 1 saturated carbocycles. The van der Waals surface area contributed by atoms with E-state index in [1.807, 2.05) is 11.3 Å². The van der Waals surface area contributed by atoms with Crippen molar-refractivity contribution >= 4 is 11.3 Å². The number of aryl methyl sites for hydroxylation is 2. The first-order valence-electron chi connectivity index (χ1n) is 8.53. The van der Waals surface area contributed by atoms with Crippen molar-refractivity contribution in [3.8, 4) is 0 Å². The van der Waals surface area contributed by atoms with Crippen LogP contribution in [-0.2, 0) is 0 Å². The fraction of sp³-hybridized carbons (Fsp3) is 0.833. The summed E-state index contributed by atoms with van der Waals surface area (Å²) in [5, 5.41) is 5.01. The van der Waals surface area contributed by atoms with Gasteiger partial charge >= 0.3 is 0 Å². The quantitative estimate of drug-likeness (QED) is 0.787. The summed E-state index contributed by atoms with van der Waals surface area (Å²) in [4.78, 5) is 6.07. The van der Waals surface area contributed by atoms with Crippen LogP contribution < -0.4 is 5.32 Å². The normalized spacial score (nSPS) is 25.0. The third-order valence-electron chi connectivity index (χ3n) is 5.58. The Morgan fingerprint density at radius 3 is 2.33 bits per heavy atom. The van der Waals surface area contributed by atoms with Gasteiger partial charge in [0.05, 0.1) is 10.7 Å². The van der Waals surface area contributed by atoms with E-state index >= 15 is 0 Å². The van der Waals surface area contributed by atoms with Crippen molar-refractivity contribution in [3.05, 3.63) is 15.6 Å². The number of thiazole rings is 1. The molecule has 0 saturated heterocycles. The summed E-state index contributed by atoms with van der Waals surface area (Å²) in [6.45, 7) is 13.8. The topological polar surface area (TPSA) is 24.9 Å². The predicted octanol–water partition coefficient (Wildman–Crippen LogP) is 5.41. The number of hydrogen-bond donors (Lipinski definition) is 1. The van der Waals surface area contributed by atoms with Crippen LogP contribution >= 0.6 is 11.3 Å². The molecule has 0 aromatic carbocycles. The maximum absolute atomic E-state index is 4.70. The number of nitrogens with one attached hydrogen (secondary N) is 1. The first kappa shape index (κ1) is 17.0. The van der Waals surface area contributed by atoms with Crippen LogP contribution in [0, 0.1) is 25.2 Å². The Morgan fingerprint density at radius 2 is 1.86 bits per heavy atom. The zero-order valence-electron chi connectivity index (χ0n) is 14.6. The summed E-state index contributed by atoms with van der Waals surface area (Å²) in [6.07, 6.45) is 6.69. The standard InChI is InChI=1S/C18H32N2S/c1-7-18(5,6)15-8-10-16(11-9-15)19-12(2)17-13(3)21-14(4)20-17/h12,15-16,19H,7-11H2,1-6H3. The minimum absolute atomic E-state index is 0.385. The lowest BCUT2D eigenvalue weighted by Crippen LogP contribution is -2.38. The first-order valence-corrected chi connectivity index (χ1v) is 9.35. The highest BCUT2D eigenvalue weighted by Crippen LogP contribution is 2.40. The monoisotopic (exact) mass is 308 g/mol. The van der Waals surface area contributed by atoms with Crippen molar-refractivity contribution < 1.29 is 0 Å². The van der Waals surface area contributed by atoms with Crippen molar-refractivity contribution in [3.63, 3.8) is 0 Å². The minimum Gasteiger partial charge on any atom is -0.306 e.